The molecule has 1 atom stereocenters. The van der Waals surface area contributed by atoms with Gasteiger partial charge >= 0.3 is 0 Å². The molecule has 0 heterocycles. The van der Waals surface area contributed by atoms with Crippen LogP contribution in [0.3, 0.4) is 0 Å². The van der Waals surface area contributed by atoms with E-state index < -0.39 is 0 Å². The number of rotatable bonds is 10. The summed E-state index contributed by atoms with van der Waals surface area (Å²) in [5.41, 5.74) is 1.46. The zero-order valence-electron chi connectivity index (χ0n) is 14.9. The van der Waals surface area contributed by atoms with Gasteiger partial charge in [0, 0.05) is 0 Å². The number of unbranched alkanes of at least 4 members (excludes halogenated alkanes) is 5. The maximum Gasteiger partial charge on any atom is 0.119 e. The van der Waals surface area contributed by atoms with E-state index in [1.807, 2.05) is 12.1 Å². The maximum atomic E-state index is 9.97. The van der Waals surface area contributed by atoms with Gasteiger partial charge in [0.15, 0.2) is 0 Å². The molecule has 0 aliphatic rings. The van der Waals surface area contributed by atoms with Crippen molar-refractivity contribution < 1.29 is 9.84 Å². The lowest BCUT2D eigenvalue weighted by molar-refractivity contribution is 0.0974. The number of benzene rings is 1. The highest BCUT2D eigenvalue weighted by molar-refractivity contribution is 5.31. The van der Waals surface area contributed by atoms with Crippen LogP contribution < -0.4 is 4.74 Å². The molecular weight excluding hydrogens is 272 g/mol. The summed E-state index contributed by atoms with van der Waals surface area (Å²) in [7, 11) is 0. The van der Waals surface area contributed by atoms with Crippen LogP contribution in [0.1, 0.15) is 78.2 Å². The summed E-state index contributed by atoms with van der Waals surface area (Å²) in [5.74, 6) is 0.843. The standard InChI is InChI=1S/C20H34O2/c1-5-6-7-8-9-10-11-18(21)16-22-19-14-12-17(13-15-19)20(2,3)4/h12-15,18,21H,5-11,16H2,1-4H3. The van der Waals surface area contributed by atoms with Crippen LogP contribution >= 0.6 is 0 Å². The van der Waals surface area contributed by atoms with Crippen molar-refractivity contribution >= 4 is 0 Å². The first-order valence-corrected chi connectivity index (χ1v) is 8.85. The van der Waals surface area contributed by atoms with Gasteiger partial charge in [0.25, 0.3) is 0 Å². The van der Waals surface area contributed by atoms with E-state index in [0.29, 0.717) is 6.61 Å². The van der Waals surface area contributed by atoms with E-state index >= 15 is 0 Å². The molecule has 0 bridgehead atoms. The Morgan fingerprint density at radius 3 is 2.14 bits per heavy atom. The van der Waals surface area contributed by atoms with Gasteiger partial charge < -0.3 is 9.84 Å². The Balaban J connectivity index is 2.19. The van der Waals surface area contributed by atoms with E-state index in [0.717, 1.165) is 18.6 Å². The van der Waals surface area contributed by atoms with Gasteiger partial charge in [-0.15, -0.1) is 0 Å². The molecular formula is C20H34O2. The quantitative estimate of drug-likeness (QED) is 0.580. The molecule has 0 aliphatic carbocycles. The van der Waals surface area contributed by atoms with Gasteiger partial charge in [-0.05, 0) is 29.5 Å². The number of hydrogen-bond donors (Lipinski definition) is 1. The van der Waals surface area contributed by atoms with Crippen molar-refractivity contribution in [1.29, 1.82) is 0 Å². The fourth-order valence-corrected chi connectivity index (χ4v) is 2.49. The van der Waals surface area contributed by atoms with Crippen molar-refractivity contribution in [2.24, 2.45) is 0 Å². The molecule has 1 N–H and O–H groups in total. The third kappa shape index (κ3) is 7.84. The van der Waals surface area contributed by atoms with Gasteiger partial charge in [-0.3, -0.25) is 0 Å². The second-order valence-electron chi connectivity index (χ2n) is 7.30. The van der Waals surface area contributed by atoms with Crippen molar-refractivity contribution in [3.05, 3.63) is 29.8 Å². The maximum absolute atomic E-state index is 9.97. The van der Waals surface area contributed by atoms with Gasteiger partial charge in [-0.25, -0.2) is 0 Å². The van der Waals surface area contributed by atoms with Crippen molar-refractivity contribution in [2.75, 3.05) is 6.61 Å². The smallest absolute Gasteiger partial charge is 0.119 e. The molecule has 1 aromatic carbocycles. The largest absolute Gasteiger partial charge is 0.491 e. The molecule has 0 aromatic heterocycles. The zero-order valence-corrected chi connectivity index (χ0v) is 14.9. The van der Waals surface area contributed by atoms with Crippen LogP contribution in [0.15, 0.2) is 24.3 Å². The predicted molar refractivity (Wildman–Crippen MR) is 94.6 cm³/mol. The Morgan fingerprint density at radius 1 is 0.955 bits per heavy atom. The van der Waals surface area contributed by atoms with Crippen LogP contribution in [0.25, 0.3) is 0 Å². The third-order valence-electron chi connectivity index (χ3n) is 4.05. The number of aliphatic hydroxyl groups is 1. The number of hydrogen-bond acceptors (Lipinski definition) is 2. The molecule has 0 spiro atoms. The minimum Gasteiger partial charge on any atom is -0.491 e. The molecule has 1 aromatic rings. The fraction of sp³-hybridized carbons (Fsp3) is 0.700. The van der Waals surface area contributed by atoms with E-state index in [9.17, 15) is 5.11 Å². The second kappa shape index (κ2) is 9.89. The summed E-state index contributed by atoms with van der Waals surface area (Å²) in [4.78, 5) is 0. The highest BCUT2D eigenvalue weighted by atomic mass is 16.5. The molecule has 2 heteroatoms. The lowest BCUT2D eigenvalue weighted by Crippen LogP contribution is -2.17. The van der Waals surface area contributed by atoms with Gasteiger partial charge in [0.2, 0.25) is 0 Å². The van der Waals surface area contributed by atoms with Gasteiger partial charge in [0.1, 0.15) is 12.4 Å². The predicted octanol–water partition coefficient (Wildman–Crippen LogP) is 5.47. The van der Waals surface area contributed by atoms with Crippen LogP contribution in [0, 0.1) is 0 Å². The SMILES string of the molecule is CCCCCCCCC(O)COc1ccc(C(C)(C)C)cc1. The first-order chi connectivity index (χ1) is 10.4. The lowest BCUT2D eigenvalue weighted by atomic mass is 9.87. The number of ether oxygens (including phenoxy) is 1. The van der Waals surface area contributed by atoms with Crippen LogP contribution in [0.5, 0.6) is 5.75 Å². The summed E-state index contributed by atoms with van der Waals surface area (Å²) in [6, 6.07) is 8.21. The molecule has 0 fully saturated rings. The average molecular weight is 306 g/mol. The lowest BCUT2D eigenvalue weighted by Gasteiger charge is -2.19. The first kappa shape index (κ1) is 19.0. The summed E-state index contributed by atoms with van der Waals surface area (Å²) < 4.78 is 5.68. The van der Waals surface area contributed by atoms with Crippen molar-refractivity contribution in [3.63, 3.8) is 0 Å². The molecule has 0 amide bonds. The summed E-state index contributed by atoms with van der Waals surface area (Å²) >= 11 is 0. The number of aliphatic hydroxyl groups excluding tert-OH is 1. The molecule has 0 saturated heterocycles. The average Bonchev–Trinajstić information content (AvgIpc) is 2.48. The van der Waals surface area contributed by atoms with Gasteiger partial charge in [0.05, 0.1) is 6.10 Å². The fourth-order valence-electron chi connectivity index (χ4n) is 2.49. The summed E-state index contributed by atoms with van der Waals surface area (Å²) in [6.07, 6.45) is 8.02. The monoisotopic (exact) mass is 306 g/mol. The molecule has 0 aliphatic heterocycles. The Bertz CT molecular complexity index is 389. The molecule has 22 heavy (non-hydrogen) atoms. The van der Waals surface area contributed by atoms with E-state index in [2.05, 4.69) is 39.8 Å². The van der Waals surface area contributed by atoms with E-state index in [1.54, 1.807) is 0 Å². The van der Waals surface area contributed by atoms with E-state index in [4.69, 9.17) is 4.74 Å². The minimum absolute atomic E-state index is 0.163. The van der Waals surface area contributed by atoms with Crippen LogP contribution in [-0.4, -0.2) is 17.8 Å². The van der Waals surface area contributed by atoms with Gasteiger partial charge in [-0.1, -0.05) is 78.4 Å². The van der Waals surface area contributed by atoms with Crippen molar-refractivity contribution in [2.45, 2.75) is 84.2 Å². The Hall–Kier alpha value is -1.02. The Kier molecular flexibility index (Phi) is 8.55. The van der Waals surface area contributed by atoms with E-state index in [1.165, 1.54) is 37.7 Å². The second-order valence-corrected chi connectivity index (χ2v) is 7.30. The summed E-state index contributed by atoms with van der Waals surface area (Å²) in [6.45, 7) is 9.23. The highest BCUT2D eigenvalue weighted by Gasteiger charge is 2.13. The third-order valence-corrected chi connectivity index (χ3v) is 4.05. The molecule has 0 saturated carbocycles. The zero-order chi connectivity index (χ0) is 16.4. The van der Waals surface area contributed by atoms with Crippen molar-refractivity contribution in [1.82, 2.24) is 0 Å². The Morgan fingerprint density at radius 2 is 1.55 bits per heavy atom. The molecule has 126 valence electrons. The summed E-state index contributed by atoms with van der Waals surface area (Å²) in [5, 5.41) is 9.97. The molecule has 1 unspecified atom stereocenters. The van der Waals surface area contributed by atoms with Crippen molar-refractivity contribution in [3.8, 4) is 5.75 Å². The Labute approximate surface area is 136 Å². The van der Waals surface area contributed by atoms with Crippen LogP contribution in [0.2, 0.25) is 0 Å². The van der Waals surface area contributed by atoms with Crippen LogP contribution in [0.4, 0.5) is 0 Å². The molecule has 0 radical (unpaired) electrons. The van der Waals surface area contributed by atoms with Crippen LogP contribution in [-0.2, 0) is 5.41 Å². The first-order valence-electron chi connectivity index (χ1n) is 8.85. The molecule has 1 rings (SSSR count). The minimum atomic E-state index is -0.353. The van der Waals surface area contributed by atoms with Gasteiger partial charge in [-0.2, -0.15) is 0 Å². The highest BCUT2D eigenvalue weighted by Crippen LogP contribution is 2.24. The topological polar surface area (TPSA) is 29.5 Å². The normalized spacial score (nSPS) is 13.1. The molecule has 2 nitrogen and oxygen atoms in total. The van der Waals surface area contributed by atoms with E-state index in [-0.39, 0.29) is 11.5 Å².